The molecule has 0 aromatic rings. The third kappa shape index (κ3) is 4.14. The van der Waals surface area contributed by atoms with Gasteiger partial charge in [-0.25, -0.2) is 4.39 Å². The second kappa shape index (κ2) is 8.48. The highest BCUT2D eigenvalue weighted by Gasteiger charge is 2.33. The average Bonchev–Trinajstić information content (AvgIpc) is 2.61. The first-order chi connectivity index (χ1) is 11.6. The van der Waals surface area contributed by atoms with Crippen molar-refractivity contribution < 1.29 is 4.39 Å². The van der Waals surface area contributed by atoms with Gasteiger partial charge < -0.3 is 0 Å². The quantitative estimate of drug-likeness (QED) is 0.463. The van der Waals surface area contributed by atoms with E-state index in [4.69, 9.17) is 0 Å². The van der Waals surface area contributed by atoms with E-state index in [9.17, 15) is 4.39 Å². The predicted octanol–water partition coefficient (Wildman–Crippen LogP) is 7.42. The van der Waals surface area contributed by atoms with E-state index in [0.29, 0.717) is 11.8 Å². The summed E-state index contributed by atoms with van der Waals surface area (Å²) in [6, 6.07) is 0. The van der Waals surface area contributed by atoms with Crippen LogP contribution >= 0.6 is 9.24 Å². The maximum absolute atomic E-state index is 14.6. The largest absolute Gasteiger partial charge is 0.206 e. The highest BCUT2D eigenvalue weighted by Crippen LogP contribution is 2.46. The Bertz CT molecular complexity index is 476. The summed E-state index contributed by atoms with van der Waals surface area (Å²) < 4.78 is 14.6. The lowest BCUT2D eigenvalue weighted by Crippen LogP contribution is -2.26. The fraction of sp³-hybridized carbons (Fsp3) is 0.818. The summed E-state index contributed by atoms with van der Waals surface area (Å²) >= 11 is 0. The van der Waals surface area contributed by atoms with Crippen LogP contribution < -0.4 is 0 Å². The van der Waals surface area contributed by atoms with Crippen LogP contribution in [0.1, 0.15) is 84.5 Å². The van der Waals surface area contributed by atoms with Crippen molar-refractivity contribution in [1.82, 2.24) is 0 Å². The van der Waals surface area contributed by atoms with Crippen LogP contribution in [0.4, 0.5) is 4.39 Å². The lowest BCUT2D eigenvalue weighted by molar-refractivity contribution is 0.150. The molecule has 0 heterocycles. The molecule has 0 bridgehead atoms. The fourth-order valence-electron chi connectivity index (χ4n) is 5.51. The van der Waals surface area contributed by atoms with Gasteiger partial charge >= 0.3 is 0 Å². The van der Waals surface area contributed by atoms with Crippen molar-refractivity contribution in [2.45, 2.75) is 84.5 Å². The molecule has 0 amide bonds. The first kappa shape index (κ1) is 18.6. The summed E-state index contributed by atoms with van der Waals surface area (Å²) in [4.78, 5) is 0. The van der Waals surface area contributed by atoms with E-state index in [-0.39, 0.29) is 5.83 Å². The molecule has 136 valence electrons. The molecule has 0 N–H and O–H groups in total. The Kier molecular flexibility index (Phi) is 6.58. The Morgan fingerprint density at radius 2 is 1.58 bits per heavy atom. The minimum Gasteiger partial charge on any atom is -0.206 e. The Hall–Kier alpha value is -0.160. The maximum atomic E-state index is 14.6. The number of hydrogen-bond donors (Lipinski definition) is 0. The van der Waals surface area contributed by atoms with Gasteiger partial charge in [0.2, 0.25) is 0 Å². The van der Waals surface area contributed by atoms with E-state index in [1.807, 2.05) is 0 Å². The van der Waals surface area contributed by atoms with Crippen LogP contribution in [0, 0.1) is 29.6 Å². The minimum absolute atomic E-state index is 0.0993. The molecule has 3 aliphatic carbocycles. The van der Waals surface area contributed by atoms with Gasteiger partial charge in [-0.05, 0) is 85.4 Å². The number of halogens is 1. The van der Waals surface area contributed by atoms with Gasteiger partial charge in [0.05, 0.1) is 0 Å². The zero-order chi connectivity index (χ0) is 17.1. The fourth-order valence-corrected chi connectivity index (χ4v) is 5.81. The second-order valence-electron chi connectivity index (χ2n) is 8.75. The summed E-state index contributed by atoms with van der Waals surface area (Å²) in [6.45, 7) is 4.45. The topological polar surface area (TPSA) is 0 Å². The smallest absolute Gasteiger partial charge is 0.129 e. The maximum Gasteiger partial charge on any atom is 0.129 e. The molecule has 2 heteroatoms. The summed E-state index contributed by atoms with van der Waals surface area (Å²) in [5.41, 5.74) is 1.04. The lowest BCUT2D eigenvalue weighted by atomic mass is 9.67. The van der Waals surface area contributed by atoms with Crippen molar-refractivity contribution in [3.8, 4) is 0 Å². The van der Waals surface area contributed by atoms with Gasteiger partial charge in [0, 0.05) is 0 Å². The molecule has 2 unspecified atom stereocenters. The monoisotopic (exact) mass is 350 g/mol. The normalized spacial score (nSPS) is 38.2. The molecule has 0 aliphatic heterocycles. The van der Waals surface area contributed by atoms with E-state index in [1.54, 1.807) is 0 Å². The summed E-state index contributed by atoms with van der Waals surface area (Å²) in [5, 5.41) is 0.906. The van der Waals surface area contributed by atoms with Crippen LogP contribution in [-0.4, -0.2) is 0 Å². The molecule has 24 heavy (non-hydrogen) atoms. The van der Waals surface area contributed by atoms with Crippen molar-refractivity contribution in [3.05, 3.63) is 22.8 Å². The van der Waals surface area contributed by atoms with E-state index in [2.05, 4.69) is 29.2 Å². The first-order valence-electron chi connectivity index (χ1n) is 10.5. The Morgan fingerprint density at radius 1 is 1.00 bits per heavy atom. The standard InChI is InChI=1S/C22H36FP/c1-3-4-16-6-8-17(9-7-16)18-10-12-19(13-11-18)20-14-5-15(2)22(24)21(20)23/h14-19H,3-13,24H2,1-2H3. The van der Waals surface area contributed by atoms with Gasteiger partial charge in [-0.1, -0.05) is 45.6 Å². The highest BCUT2D eigenvalue weighted by atomic mass is 31.0. The third-order valence-electron chi connectivity index (χ3n) is 7.20. The summed E-state index contributed by atoms with van der Waals surface area (Å²) in [6.07, 6.45) is 17.0. The lowest BCUT2D eigenvalue weighted by Gasteiger charge is -2.38. The molecule has 0 saturated heterocycles. The molecular formula is C22H36FP. The third-order valence-corrected chi connectivity index (χ3v) is 8.02. The SMILES string of the molecule is CCCC1CCC(C2CCC(C3=CCC(C)C(P)=C3F)CC2)CC1. The van der Waals surface area contributed by atoms with Gasteiger partial charge in [-0.15, -0.1) is 9.24 Å². The van der Waals surface area contributed by atoms with E-state index >= 15 is 0 Å². The summed E-state index contributed by atoms with van der Waals surface area (Å²) in [7, 11) is 2.66. The number of rotatable bonds is 4. The minimum atomic E-state index is 0.0993. The van der Waals surface area contributed by atoms with Gasteiger partial charge in [-0.2, -0.15) is 0 Å². The van der Waals surface area contributed by atoms with Crippen LogP contribution in [0.25, 0.3) is 0 Å². The van der Waals surface area contributed by atoms with Crippen molar-refractivity contribution in [2.75, 3.05) is 0 Å². The van der Waals surface area contributed by atoms with Crippen LogP contribution in [-0.2, 0) is 0 Å². The molecule has 2 fully saturated rings. The van der Waals surface area contributed by atoms with Crippen LogP contribution in [0.5, 0.6) is 0 Å². The molecule has 2 saturated carbocycles. The van der Waals surface area contributed by atoms with Crippen molar-refractivity contribution in [1.29, 1.82) is 0 Å². The molecule has 3 rings (SSSR count). The Morgan fingerprint density at radius 3 is 2.17 bits per heavy atom. The average molecular weight is 351 g/mol. The molecule has 0 spiro atoms. The zero-order valence-electron chi connectivity index (χ0n) is 15.7. The molecule has 0 aromatic heterocycles. The van der Waals surface area contributed by atoms with Crippen molar-refractivity contribution >= 4 is 9.24 Å². The zero-order valence-corrected chi connectivity index (χ0v) is 16.9. The number of hydrogen-bond acceptors (Lipinski definition) is 0. The van der Waals surface area contributed by atoms with Crippen molar-refractivity contribution in [2.24, 2.45) is 29.6 Å². The molecule has 3 aliphatic rings. The molecule has 2 atom stereocenters. The molecule has 0 aromatic carbocycles. The highest BCUT2D eigenvalue weighted by molar-refractivity contribution is 7.22. The van der Waals surface area contributed by atoms with Gasteiger partial charge in [0.15, 0.2) is 0 Å². The second-order valence-corrected chi connectivity index (χ2v) is 9.37. The molecule has 0 nitrogen and oxygen atoms in total. The number of allylic oxidation sites excluding steroid dienone is 4. The van der Waals surface area contributed by atoms with Crippen LogP contribution in [0.3, 0.4) is 0 Å². The predicted molar refractivity (Wildman–Crippen MR) is 106 cm³/mol. The van der Waals surface area contributed by atoms with Gasteiger partial charge in [0.25, 0.3) is 0 Å². The van der Waals surface area contributed by atoms with E-state index < -0.39 is 0 Å². The van der Waals surface area contributed by atoms with Gasteiger partial charge in [0.1, 0.15) is 5.83 Å². The Labute approximate surface area is 151 Å². The molecule has 0 radical (unpaired) electrons. The van der Waals surface area contributed by atoms with E-state index in [1.165, 1.54) is 64.2 Å². The first-order valence-corrected chi connectivity index (χ1v) is 11.0. The van der Waals surface area contributed by atoms with E-state index in [0.717, 1.165) is 35.1 Å². The molecular weight excluding hydrogens is 314 g/mol. The summed E-state index contributed by atoms with van der Waals surface area (Å²) in [5.74, 6) is 3.85. The van der Waals surface area contributed by atoms with Crippen molar-refractivity contribution in [3.63, 3.8) is 0 Å². The Balaban J connectivity index is 1.50. The van der Waals surface area contributed by atoms with Crippen LogP contribution in [0.15, 0.2) is 22.8 Å². The van der Waals surface area contributed by atoms with Gasteiger partial charge in [-0.3, -0.25) is 0 Å². The van der Waals surface area contributed by atoms with Crippen LogP contribution in [0.2, 0.25) is 0 Å².